The maximum atomic E-state index is 13.3. The highest BCUT2D eigenvalue weighted by molar-refractivity contribution is 9.10. The first-order valence-corrected chi connectivity index (χ1v) is 12.0. The Bertz CT molecular complexity index is 1440. The van der Waals surface area contributed by atoms with Gasteiger partial charge in [-0.25, -0.2) is 4.68 Å². The molecule has 3 N–H and O–H groups in total. The van der Waals surface area contributed by atoms with Gasteiger partial charge in [0.05, 0.1) is 5.52 Å². The molecule has 7 nitrogen and oxygen atoms in total. The molecule has 1 aromatic heterocycles. The van der Waals surface area contributed by atoms with Gasteiger partial charge >= 0.3 is 11.8 Å². The third kappa shape index (κ3) is 5.27. The number of carbonyl (C=O) groups excluding carboxylic acids is 3. The van der Waals surface area contributed by atoms with Gasteiger partial charge in [0.25, 0.3) is 5.91 Å². The van der Waals surface area contributed by atoms with Crippen molar-refractivity contribution < 1.29 is 14.4 Å². The van der Waals surface area contributed by atoms with E-state index in [1.807, 2.05) is 57.2 Å². The third-order valence-corrected chi connectivity index (χ3v) is 6.38. The van der Waals surface area contributed by atoms with E-state index >= 15 is 0 Å². The summed E-state index contributed by atoms with van der Waals surface area (Å²) in [7, 11) is 0. The number of benzene rings is 3. The number of nitrogens with one attached hydrogen (secondary N) is 3. The van der Waals surface area contributed by atoms with Gasteiger partial charge in [-0.3, -0.25) is 19.8 Å². The fraction of sp³-hybridized carbons (Fsp3) is 0.148. The lowest BCUT2D eigenvalue weighted by molar-refractivity contribution is -0.133. The summed E-state index contributed by atoms with van der Waals surface area (Å²) < 4.78 is 2.16. The van der Waals surface area contributed by atoms with E-state index in [0.29, 0.717) is 16.9 Å². The molecule has 0 atom stereocenters. The second kappa shape index (κ2) is 10.1. The number of hydrogen-bond acceptors (Lipinski definition) is 3. The standard InChI is InChI=1S/C27H25BrN4O3/c1-4-18-8-11-21(12-9-18)29-26(34)27(35)31-32-23-13-10-20(28)14-19(23)15-24(32)25(33)30-22-7-5-6-16(2)17(22)3/h5-15H,4H2,1-3H3,(H,29,34)(H,30,33)(H,31,35). The molecule has 0 spiro atoms. The molecule has 8 heteroatoms. The SMILES string of the molecule is CCc1ccc(NC(=O)C(=O)Nn2c(C(=O)Nc3cccc(C)c3C)cc3cc(Br)ccc32)cc1. The van der Waals surface area contributed by atoms with Crippen LogP contribution >= 0.6 is 15.9 Å². The van der Waals surface area contributed by atoms with Crippen LogP contribution in [0.25, 0.3) is 10.9 Å². The fourth-order valence-electron chi connectivity index (χ4n) is 3.71. The highest BCUT2D eigenvalue weighted by Gasteiger charge is 2.21. The van der Waals surface area contributed by atoms with E-state index in [2.05, 4.69) is 32.0 Å². The normalized spacial score (nSPS) is 10.7. The monoisotopic (exact) mass is 532 g/mol. The number of nitrogens with zero attached hydrogens (tertiary/aromatic N) is 1. The quantitative estimate of drug-likeness (QED) is 0.294. The number of hydrogen-bond donors (Lipinski definition) is 3. The Morgan fingerprint density at radius 1 is 0.886 bits per heavy atom. The van der Waals surface area contributed by atoms with Gasteiger partial charge in [-0.05, 0) is 79.4 Å². The summed E-state index contributed by atoms with van der Waals surface area (Å²) in [6.07, 6.45) is 0.873. The molecule has 4 aromatic rings. The van der Waals surface area contributed by atoms with Gasteiger partial charge < -0.3 is 10.6 Å². The number of fused-ring (bicyclic) bond motifs is 1. The number of amides is 3. The van der Waals surface area contributed by atoms with E-state index in [-0.39, 0.29) is 5.69 Å². The van der Waals surface area contributed by atoms with E-state index in [0.717, 1.165) is 33.0 Å². The fourth-order valence-corrected chi connectivity index (χ4v) is 4.09. The van der Waals surface area contributed by atoms with Crippen molar-refractivity contribution in [2.75, 3.05) is 16.1 Å². The number of rotatable bonds is 5. The van der Waals surface area contributed by atoms with Crippen molar-refractivity contribution in [1.29, 1.82) is 0 Å². The van der Waals surface area contributed by atoms with Gasteiger partial charge in [0.2, 0.25) is 0 Å². The summed E-state index contributed by atoms with van der Waals surface area (Å²) in [5.74, 6) is -2.15. The van der Waals surface area contributed by atoms with Crippen molar-refractivity contribution >= 4 is 55.9 Å². The molecule has 0 radical (unpaired) electrons. The van der Waals surface area contributed by atoms with Crippen LogP contribution in [0.15, 0.2) is 71.2 Å². The minimum atomic E-state index is -0.897. The van der Waals surface area contributed by atoms with Crippen molar-refractivity contribution in [3.8, 4) is 0 Å². The molecule has 0 aliphatic rings. The Morgan fingerprint density at radius 3 is 2.34 bits per heavy atom. The molecule has 0 aliphatic heterocycles. The van der Waals surface area contributed by atoms with E-state index in [4.69, 9.17) is 0 Å². The maximum Gasteiger partial charge on any atom is 0.328 e. The molecule has 0 aliphatic carbocycles. The number of aryl methyl sites for hydroxylation is 2. The molecule has 178 valence electrons. The van der Waals surface area contributed by atoms with Crippen LogP contribution in [0.4, 0.5) is 11.4 Å². The first-order chi connectivity index (χ1) is 16.8. The summed E-state index contributed by atoms with van der Waals surface area (Å²) in [5.41, 5.74) is 7.64. The minimum Gasteiger partial charge on any atom is -0.320 e. The number of anilines is 2. The lowest BCUT2D eigenvalue weighted by Crippen LogP contribution is -2.36. The minimum absolute atomic E-state index is 0.187. The molecular formula is C27H25BrN4O3. The Morgan fingerprint density at radius 2 is 1.63 bits per heavy atom. The Hall–Kier alpha value is -3.91. The molecule has 4 rings (SSSR count). The number of carbonyl (C=O) groups is 3. The predicted molar refractivity (Wildman–Crippen MR) is 142 cm³/mol. The van der Waals surface area contributed by atoms with Gasteiger partial charge in [-0.1, -0.05) is 47.1 Å². The molecule has 0 fully saturated rings. The maximum absolute atomic E-state index is 13.3. The van der Waals surface area contributed by atoms with Crippen LogP contribution in [-0.2, 0) is 16.0 Å². The molecule has 35 heavy (non-hydrogen) atoms. The van der Waals surface area contributed by atoms with Crippen LogP contribution < -0.4 is 16.1 Å². The molecule has 0 bridgehead atoms. The summed E-state index contributed by atoms with van der Waals surface area (Å²) in [6.45, 7) is 5.93. The van der Waals surface area contributed by atoms with Crippen LogP contribution in [0.5, 0.6) is 0 Å². The Kier molecular flexibility index (Phi) is 7.02. The molecular weight excluding hydrogens is 508 g/mol. The molecule has 0 saturated heterocycles. The van der Waals surface area contributed by atoms with Gasteiger partial charge in [0, 0.05) is 21.2 Å². The smallest absolute Gasteiger partial charge is 0.320 e. The summed E-state index contributed by atoms with van der Waals surface area (Å²) >= 11 is 3.43. The van der Waals surface area contributed by atoms with Crippen molar-refractivity contribution in [2.24, 2.45) is 0 Å². The van der Waals surface area contributed by atoms with Crippen LogP contribution in [-0.4, -0.2) is 22.4 Å². The largest absolute Gasteiger partial charge is 0.328 e. The third-order valence-electron chi connectivity index (χ3n) is 5.89. The number of halogens is 1. The average molecular weight is 533 g/mol. The zero-order valence-electron chi connectivity index (χ0n) is 19.6. The lowest BCUT2D eigenvalue weighted by Gasteiger charge is -2.14. The molecule has 3 aromatic carbocycles. The topological polar surface area (TPSA) is 92.2 Å². The summed E-state index contributed by atoms with van der Waals surface area (Å²) in [5, 5.41) is 6.23. The second-order valence-corrected chi connectivity index (χ2v) is 9.13. The van der Waals surface area contributed by atoms with E-state index in [1.165, 1.54) is 4.68 Å². The number of aromatic nitrogens is 1. The first kappa shape index (κ1) is 24.2. The average Bonchev–Trinajstić information content (AvgIpc) is 3.19. The van der Waals surface area contributed by atoms with Crippen LogP contribution in [0, 0.1) is 13.8 Å². The van der Waals surface area contributed by atoms with E-state index in [1.54, 1.807) is 30.3 Å². The first-order valence-electron chi connectivity index (χ1n) is 11.2. The van der Waals surface area contributed by atoms with Crippen molar-refractivity contribution in [3.63, 3.8) is 0 Å². The molecule has 0 unspecified atom stereocenters. The van der Waals surface area contributed by atoms with E-state index in [9.17, 15) is 14.4 Å². The van der Waals surface area contributed by atoms with Crippen LogP contribution in [0.1, 0.15) is 34.1 Å². The van der Waals surface area contributed by atoms with Gasteiger partial charge in [-0.15, -0.1) is 0 Å². The van der Waals surface area contributed by atoms with Gasteiger partial charge in [0.15, 0.2) is 0 Å². The predicted octanol–water partition coefficient (Wildman–Crippen LogP) is 5.54. The second-order valence-electron chi connectivity index (χ2n) is 8.22. The van der Waals surface area contributed by atoms with Crippen molar-refractivity contribution in [1.82, 2.24) is 4.68 Å². The van der Waals surface area contributed by atoms with Crippen LogP contribution in [0.2, 0.25) is 0 Å². The highest BCUT2D eigenvalue weighted by atomic mass is 79.9. The molecule has 1 heterocycles. The molecule has 3 amide bonds. The van der Waals surface area contributed by atoms with Crippen molar-refractivity contribution in [2.45, 2.75) is 27.2 Å². The summed E-state index contributed by atoms with van der Waals surface area (Å²) in [4.78, 5) is 38.6. The highest BCUT2D eigenvalue weighted by Crippen LogP contribution is 2.25. The van der Waals surface area contributed by atoms with E-state index < -0.39 is 17.7 Å². The van der Waals surface area contributed by atoms with Crippen LogP contribution in [0.3, 0.4) is 0 Å². The van der Waals surface area contributed by atoms with Gasteiger partial charge in [0.1, 0.15) is 5.69 Å². The molecule has 0 saturated carbocycles. The van der Waals surface area contributed by atoms with Crippen molar-refractivity contribution in [3.05, 3.63) is 93.6 Å². The zero-order chi connectivity index (χ0) is 25.1. The Labute approximate surface area is 211 Å². The zero-order valence-corrected chi connectivity index (χ0v) is 21.2. The van der Waals surface area contributed by atoms with Gasteiger partial charge in [-0.2, -0.15) is 0 Å². The summed E-state index contributed by atoms with van der Waals surface area (Å²) in [6, 6.07) is 20.0. The lowest BCUT2D eigenvalue weighted by atomic mass is 10.1. The Balaban J connectivity index is 1.62.